The quantitative estimate of drug-likeness (QED) is 0.704. The molecule has 1 saturated heterocycles. The normalized spacial score (nSPS) is 17.8. The Morgan fingerprint density at radius 3 is 2.85 bits per heavy atom. The van der Waals surface area contributed by atoms with Crippen molar-refractivity contribution in [2.75, 3.05) is 18.8 Å². The van der Waals surface area contributed by atoms with E-state index in [4.69, 9.17) is 11.6 Å². The number of benzene rings is 2. The maximum atomic E-state index is 14.0. The number of carbonyl (C=O) groups is 1. The third kappa shape index (κ3) is 4.98. The van der Waals surface area contributed by atoms with Gasteiger partial charge in [-0.2, -0.15) is 11.8 Å². The smallest absolute Gasteiger partial charge is 0.222 e. The van der Waals surface area contributed by atoms with Crippen molar-refractivity contribution in [1.82, 2.24) is 4.90 Å². The molecule has 0 saturated carbocycles. The van der Waals surface area contributed by atoms with E-state index in [0.717, 1.165) is 11.6 Å². The molecule has 0 spiro atoms. The second-order valence-corrected chi connectivity index (χ2v) is 8.07. The van der Waals surface area contributed by atoms with Crippen LogP contribution in [0.15, 0.2) is 42.5 Å². The molecule has 26 heavy (non-hydrogen) atoms. The highest BCUT2D eigenvalue weighted by molar-refractivity contribution is 7.99. The molecule has 1 aliphatic rings. The van der Waals surface area contributed by atoms with Crippen molar-refractivity contribution >= 4 is 29.3 Å². The minimum absolute atomic E-state index is 0.0888. The van der Waals surface area contributed by atoms with Crippen molar-refractivity contribution in [2.45, 2.75) is 24.5 Å². The molecule has 6 heteroatoms. The summed E-state index contributed by atoms with van der Waals surface area (Å²) in [4.78, 5) is 14.4. The summed E-state index contributed by atoms with van der Waals surface area (Å²) in [5, 5.41) is 0.539. The van der Waals surface area contributed by atoms with Crippen LogP contribution < -0.4 is 0 Å². The fraction of sp³-hybridized carbons (Fsp3) is 0.350. The first-order valence-electron chi connectivity index (χ1n) is 8.61. The van der Waals surface area contributed by atoms with Gasteiger partial charge in [-0.1, -0.05) is 23.7 Å². The summed E-state index contributed by atoms with van der Waals surface area (Å²) in [5.74, 6) is -0.0138. The van der Waals surface area contributed by atoms with Gasteiger partial charge in [0, 0.05) is 41.1 Å². The van der Waals surface area contributed by atoms with E-state index in [1.807, 2.05) is 29.2 Å². The zero-order valence-electron chi connectivity index (χ0n) is 14.3. The lowest BCUT2D eigenvalue weighted by molar-refractivity contribution is -0.130. The lowest BCUT2D eigenvalue weighted by Crippen LogP contribution is -2.33. The van der Waals surface area contributed by atoms with Crippen LogP contribution >= 0.6 is 23.4 Å². The first-order valence-corrected chi connectivity index (χ1v) is 10.0. The Hall–Kier alpha value is -1.59. The lowest BCUT2D eigenvalue weighted by Gasteiger charge is -2.20. The van der Waals surface area contributed by atoms with Crippen LogP contribution in [-0.2, 0) is 11.2 Å². The molecular weight excluding hydrogens is 376 g/mol. The zero-order valence-corrected chi connectivity index (χ0v) is 15.8. The molecule has 0 radical (unpaired) electrons. The van der Waals surface area contributed by atoms with E-state index >= 15 is 0 Å². The van der Waals surface area contributed by atoms with Gasteiger partial charge in [-0.25, -0.2) is 8.78 Å². The molecule has 0 aliphatic carbocycles. The number of amides is 1. The van der Waals surface area contributed by atoms with Gasteiger partial charge in [0.1, 0.15) is 11.6 Å². The summed E-state index contributed by atoms with van der Waals surface area (Å²) in [6.45, 7) is 1.19. The second kappa shape index (κ2) is 8.87. The van der Waals surface area contributed by atoms with Gasteiger partial charge in [-0.15, -0.1) is 0 Å². The van der Waals surface area contributed by atoms with Gasteiger partial charge >= 0.3 is 0 Å². The highest BCUT2D eigenvalue weighted by atomic mass is 35.5. The highest BCUT2D eigenvalue weighted by Gasteiger charge is 2.24. The summed E-state index contributed by atoms with van der Waals surface area (Å²) in [5.41, 5.74) is 1.43. The topological polar surface area (TPSA) is 20.3 Å². The molecule has 2 nitrogen and oxygen atoms in total. The molecule has 3 rings (SSSR count). The van der Waals surface area contributed by atoms with E-state index in [0.29, 0.717) is 48.7 Å². The average Bonchev–Trinajstić information content (AvgIpc) is 2.88. The summed E-state index contributed by atoms with van der Waals surface area (Å²) in [7, 11) is 0. The zero-order chi connectivity index (χ0) is 18.5. The number of rotatable bonds is 4. The van der Waals surface area contributed by atoms with Gasteiger partial charge in [-0.05, 0) is 48.7 Å². The minimum Gasteiger partial charge on any atom is -0.342 e. The fourth-order valence-corrected chi connectivity index (χ4v) is 4.59. The number of aryl methyl sites for hydroxylation is 1. The van der Waals surface area contributed by atoms with Gasteiger partial charge in [0.2, 0.25) is 5.91 Å². The third-order valence-corrected chi connectivity index (χ3v) is 6.06. The monoisotopic (exact) mass is 395 g/mol. The Labute approximate surface area is 161 Å². The number of thioether (sulfide) groups is 1. The van der Waals surface area contributed by atoms with E-state index in [9.17, 15) is 13.6 Å². The Kier molecular flexibility index (Phi) is 6.54. The predicted octanol–water partition coefficient (Wildman–Crippen LogP) is 5.26. The molecule has 1 fully saturated rings. The average molecular weight is 396 g/mol. The Morgan fingerprint density at radius 1 is 1.19 bits per heavy atom. The van der Waals surface area contributed by atoms with E-state index < -0.39 is 5.82 Å². The highest BCUT2D eigenvalue weighted by Crippen LogP contribution is 2.36. The SMILES string of the molecule is O=C(CCc1cccc(Cl)c1)N1CCSC(c2cc(F)ccc2F)CC1. The maximum Gasteiger partial charge on any atom is 0.222 e. The van der Waals surface area contributed by atoms with Crippen LogP contribution in [0.4, 0.5) is 8.78 Å². The summed E-state index contributed by atoms with van der Waals surface area (Å²) in [6, 6.07) is 11.1. The van der Waals surface area contributed by atoms with Gasteiger partial charge < -0.3 is 4.90 Å². The van der Waals surface area contributed by atoms with Crippen LogP contribution in [0.25, 0.3) is 0 Å². The lowest BCUT2D eigenvalue weighted by atomic mass is 10.1. The summed E-state index contributed by atoms with van der Waals surface area (Å²) in [6.07, 6.45) is 1.68. The largest absolute Gasteiger partial charge is 0.342 e. The predicted molar refractivity (Wildman–Crippen MR) is 103 cm³/mol. The van der Waals surface area contributed by atoms with Crippen molar-refractivity contribution in [2.24, 2.45) is 0 Å². The Bertz CT molecular complexity index is 786. The van der Waals surface area contributed by atoms with Crippen molar-refractivity contribution in [3.05, 3.63) is 70.2 Å². The molecule has 1 amide bonds. The molecule has 0 bridgehead atoms. The summed E-state index contributed by atoms with van der Waals surface area (Å²) >= 11 is 7.55. The minimum atomic E-state index is -0.430. The molecule has 1 unspecified atom stereocenters. The van der Waals surface area contributed by atoms with Crippen molar-refractivity contribution < 1.29 is 13.6 Å². The van der Waals surface area contributed by atoms with Crippen LogP contribution in [-0.4, -0.2) is 29.6 Å². The first kappa shape index (κ1) is 19.2. The molecule has 138 valence electrons. The number of halogens is 3. The molecule has 1 heterocycles. The fourth-order valence-electron chi connectivity index (χ4n) is 3.13. The van der Waals surface area contributed by atoms with Gasteiger partial charge in [0.25, 0.3) is 0 Å². The van der Waals surface area contributed by atoms with Gasteiger partial charge in [0.15, 0.2) is 0 Å². The summed E-state index contributed by atoms with van der Waals surface area (Å²) < 4.78 is 27.5. The van der Waals surface area contributed by atoms with E-state index in [2.05, 4.69) is 0 Å². The van der Waals surface area contributed by atoms with E-state index in [1.54, 1.807) is 11.8 Å². The Morgan fingerprint density at radius 2 is 2.04 bits per heavy atom. The van der Waals surface area contributed by atoms with Crippen LogP contribution in [0.1, 0.15) is 29.2 Å². The number of carbonyl (C=O) groups excluding carboxylic acids is 1. The van der Waals surface area contributed by atoms with Crippen molar-refractivity contribution in [3.8, 4) is 0 Å². The standard InChI is InChI=1S/C20H20ClF2NOS/c21-15-3-1-2-14(12-15)4-7-20(25)24-9-8-19(26-11-10-24)17-13-16(22)5-6-18(17)23/h1-3,5-6,12-13,19H,4,7-11H2. The Balaban J connectivity index is 1.57. The van der Waals surface area contributed by atoms with Crippen molar-refractivity contribution in [1.29, 1.82) is 0 Å². The van der Waals surface area contributed by atoms with Crippen LogP contribution in [0.3, 0.4) is 0 Å². The van der Waals surface area contributed by atoms with Crippen molar-refractivity contribution in [3.63, 3.8) is 0 Å². The molecule has 2 aromatic rings. The molecule has 0 N–H and O–H groups in total. The molecule has 1 atom stereocenters. The van der Waals surface area contributed by atoms with Gasteiger partial charge in [0.05, 0.1) is 0 Å². The van der Waals surface area contributed by atoms with Crippen LogP contribution in [0.5, 0.6) is 0 Å². The van der Waals surface area contributed by atoms with Crippen LogP contribution in [0, 0.1) is 11.6 Å². The maximum absolute atomic E-state index is 14.0. The molecule has 1 aliphatic heterocycles. The van der Waals surface area contributed by atoms with E-state index in [1.165, 1.54) is 12.1 Å². The number of hydrogen-bond donors (Lipinski definition) is 0. The molecule has 2 aromatic carbocycles. The number of nitrogens with zero attached hydrogens (tertiary/aromatic N) is 1. The number of hydrogen-bond acceptors (Lipinski definition) is 2. The second-order valence-electron chi connectivity index (χ2n) is 6.32. The van der Waals surface area contributed by atoms with E-state index in [-0.39, 0.29) is 17.0 Å². The third-order valence-electron chi connectivity index (χ3n) is 4.52. The first-order chi connectivity index (χ1) is 12.5. The molecule has 0 aromatic heterocycles. The molecular formula is C20H20ClF2NOS. The van der Waals surface area contributed by atoms with Crippen LogP contribution in [0.2, 0.25) is 5.02 Å². The van der Waals surface area contributed by atoms with Gasteiger partial charge in [-0.3, -0.25) is 4.79 Å².